The number of aliphatic hydroxyl groups is 1. The van der Waals surface area contributed by atoms with Crippen molar-refractivity contribution < 1.29 is 18.1 Å². The molecule has 0 aliphatic carbocycles. The highest BCUT2D eigenvalue weighted by molar-refractivity contribution is 7.85. The molecule has 4 nitrogen and oxygen atoms in total. The Morgan fingerprint density at radius 2 is 1.57 bits per heavy atom. The summed E-state index contributed by atoms with van der Waals surface area (Å²) in [4.78, 5) is -0.101. The number of aliphatic hydroxyl groups excluding tert-OH is 1. The first kappa shape index (κ1) is 15.7. The minimum atomic E-state index is -4.13. The van der Waals surface area contributed by atoms with Crippen LogP contribution in [-0.2, 0) is 16.5 Å². The van der Waals surface area contributed by atoms with E-state index in [1.54, 1.807) is 12.1 Å². The molecule has 0 amide bonds. The third-order valence-electron chi connectivity index (χ3n) is 3.35. The zero-order valence-corrected chi connectivity index (χ0v) is 12.3. The highest BCUT2D eigenvalue weighted by Crippen LogP contribution is 2.19. The first-order valence-electron chi connectivity index (χ1n) is 6.76. The van der Waals surface area contributed by atoms with Gasteiger partial charge in [0.25, 0.3) is 10.1 Å². The summed E-state index contributed by atoms with van der Waals surface area (Å²) in [5, 5.41) is 10.0. The van der Waals surface area contributed by atoms with Gasteiger partial charge in [0.05, 0.1) is 11.0 Å². The molecule has 0 radical (unpaired) electrons. The van der Waals surface area contributed by atoms with Gasteiger partial charge in [-0.25, -0.2) is 0 Å². The Bertz CT molecular complexity index is 663. The van der Waals surface area contributed by atoms with Crippen LogP contribution in [0.3, 0.4) is 0 Å². The number of aryl methyl sites for hydroxylation is 1. The molecule has 2 N–H and O–H groups in total. The summed E-state index contributed by atoms with van der Waals surface area (Å²) in [5.41, 5.74) is 1.88. The standard InChI is InChI=1S/C16H18O4S/c17-16(14-6-2-1-3-7-14)8-4-5-13-9-11-15(12-10-13)21(18,19)20/h1-3,6-7,9-12,16-17H,4-5,8H2,(H,18,19,20)/t16-/m0/s1. The summed E-state index contributed by atoms with van der Waals surface area (Å²) in [6.45, 7) is 0. The zero-order valence-electron chi connectivity index (χ0n) is 11.5. The Labute approximate surface area is 124 Å². The molecule has 5 heteroatoms. The van der Waals surface area contributed by atoms with E-state index in [9.17, 15) is 13.5 Å². The van der Waals surface area contributed by atoms with E-state index in [0.29, 0.717) is 6.42 Å². The molecule has 2 rings (SSSR count). The lowest BCUT2D eigenvalue weighted by Gasteiger charge is -2.10. The molecule has 0 aliphatic heterocycles. The van der Waals surface area contributed by atoms with Gasteiger partial charge < -0.3 is 5.11 Å². The lowest BCUT2D eigenvalue weighted by molar-refractivity contribution is 0.164. The van der Waals surface area contributed by atoms with E-state index in [0.717, 1.165) is 24.0 Å². The Morgan fingerprint density at radius 1 is 0.952 bits per heavy atom. The molecule has 112 valence electrons. The van der Waals surface area contributed by atoms with Crippen molar-refractivity contribution in [2.75, 3.05) is 0 Å². The van der Waals surface area contributed by atoms with Crippen LogP contribution in [0.1, 0.15) is 30.1 Å². The Morgan fingerprint density at radius 3 is 2.14 bits per heavy atom. The molecule has 0 bridgehead atoms. The number of benzene rings is 2. The molecule has 2 aromatic rings. The highest BCUT2D eigenvalue weighted by atomic mass is 32.2. The van der Waals surface area contributed by atoms with Gasteiger partial charge in [-0.05, 0) is 42.5 Å². The molecule has 1 atom stereocenters. The topological polar surface area (TPSA) is 74.6 Å². The summed E-state index contributed by atoms with van der Waals surface area (Å²) in [6, 6.07) is 15.6. The van der Waals surface area contributed by atoms with E-state index < -0.39 is 16.2 Å². The molecule has 2 aromatic carbocycles. The fraction of sp³-hybridized carbons (Fsp3) is 0.250. The monoisotopic (exact) mass is 306 g/mol. The minimum absolute atomic E-state index is 0.101. The van der Waals surface area contributed by atoms with Crippen molar-refractivity contribution >= 4 is 10.1 Å². The van der Waals surface area contributed by atoms with Crippen LogP contribution in [0.2, 0.25) is 0 Å². The Kier molecular flexibility index (Phi) is 5.12. The predicted molar refractivity (Wildman–Crippen MR) is 80.6 cm³/mol. The van der Waals surface area contributed by atoms with Crippen LogP contribution in [0.25, 0.3) is 0 Å². The van der Waals surface area contributed by atoms with Crippen LogP contribution in [-0.4, -0.2) is 18.1 Å². The second kappa shape index (κ2) is 6.85. The maximum absolute atomic E-state index is 10.9. The first-order chi connectivity index (χ1) is 9.97. The SMILES string of the molecule is O=S(=O)(O)c1ccc(CCC[C@H](O)c2ccccc2)cc1. The molecular formula is C16H18O4S. The second-order valence-corrected chi connectivity index (χ2v) is 6.36. The van der Waals surface area contributed by atoms with Gasteiger partial charge in [0.2, 0.25) is 0 Å². The van der Waals surface area contributed by atoms with Crippen LogP contribution in [0.4, 0.5) is 0 Å². The fourth-order valence-corrected chi connectivity index (χ4v) is 2.65. The molecule has 0 heterocycles. The molecule has 21 heavy (non-hydrogen) atoms. The maximum Gasteiger partial charge on any atom is 0.294 e. The molecule has 0 unspecified atom stereocenters. The normalized spacial score (nSPS) is 13.0. The minimum Gasteiger partial charge on any atom is -0.388 e. The van der Waals surface area contributed by atoms with Gasteiger partial charge in [-0.2, -0.15) is 8.42 Å². The Hall–Kier alpha value is -1.69. The third-order valence-corrected chi connectivity index (χ3v) is 4.22. The van der Waals surface area contributed by atoms with Gasteiger partial charge in [0.15, 0.2) is 0 Å². The van der Waals surface area contributed by atoms with Gasteiger partial charge in [-0.1, -0.05) is 42.5 Å². The smallest absolute Gasteiger partial charge is 0.294 e. The molecule has 0 saturated heterocycles. The maximum atomic E-state index is 10.9. The summed E-state index contributed by atoms with van der Waals surface area (Å²) >= 11 is 0. The van der Waals surface area contributed by atoms with Crippen LogP contribution in [0.15, 0.2) is 59.5 Å². The van der Waals surface area contributed by atoms with Crippen molar-refractivity contribution in [3.63, 3.8) is 0 Å². The molecule has 0 aliphatic rings. The van der Waals surface area contributed by atoms with Crippen molar-refractivity contribution in [2.24, 2.45) is 0 Å². The first-order valence-corrected chi connectivity index (χ1v) is 8.20. The van der Waals surface area contributed by atoms with Crippen molar-refractivity contribution in [3.05, 3.63) is 65.7 Å². The van der Waals surface area contributed by atoms with Crippen molar-refractivity contribution in [1.29, 1.82) is 0 Å². The van der Waals surface area contributed by atoms with E-state index in [4.69, 9.17) is 4.55 Å². The van der Waals surface area contributed by atoms with Crippen LogP contribution in [0.5, 0.6) is 0 Å². The van der Waals surface area contributed by atoms with E-state index in [1.807, 2.05) is 30.3 Å². The fourth-order valence-electron chi connectivity index (χ4n) is 2.17. The average Bonchev–Trinajstić information content (AvgIpc) is 2.47. The van der Waals surface area contributed by atoms with Gasteiger partial charge in [0.1, 0.15) is 0 Å². The second-order valence-electron chi connectivity index (χ2n) is 4.94. The summed E-state index contributed by atoms with van der Waals surface area (Å²) in [5.74, 6) is 0. The van der Waals surface area contributed by atoms with Crippen LogP contribution >= 0.6 is 0 Å². The quantitative estimate of drug-likeness (QED) is 0.805. The molecule has 0 saturated carbocycles. The van der Waals surface area contributed by atoms with Crippen molar-refractivity contribution in [3.8, 4) is 0 Å². The lowest BCUT2D eigenvalue weighted by Crippen LogP contribution is -1.99. The van der Waals surface area contributed by atoms with Gasteiger partial charge in [0, 0.05) is 0 Å². The van der Waals surface area contributed by atoms with Crippen LogP contribution < -0.4 is 0 Å². The molecular weight excluding hydrogens is 288 g/mol. The van der Waals surface area contributed by atoms with Gasteiger partial charge in [-0.15, -0.1) is 0 Å². The number of hydrogen-bond acceptors (Lipinski definition) is 3. The Balaban J connectivity index is 1.86. The van der Waals surface area contributed by atoms with Gasteiger partial charge >= 0.3 is 0 Å². The highest BCUT2D eigenvalue weighted by Gasteiger charge is 2.09. The van der Waals surface area contributed by atoms with Crippen LogP contribution in [0, 0.1) is 0 Å². The summed E-state index contributed by atoms with van der Waals surface area (Å²) in [7, 11) is -4.13. The zero-order chi connectivity index (χ0) is 15.3. The van der Waals surface area contributed by atoms with Crippen molar-refractivity contribution in [1.82, 2.24) is 0 Å². The van der Waals surface area contributed by atoms with E-state index >= 15 is 0 Å². The predicted octanol–water partition coefficient (Wildman–Crippen LogP) is 2.99. The third kappa shape index (κ3) is 4.67. The van der Waals surface area contributed by atoms with E-state index in [1.165, 1.54) is 12.1 Å². The average molecular weight is 306 g/mol. The largest absolute Gasteiger partial charge is 0.388 e. The lowest BCUT2D eigenvalue weighted by atomic mass is 10.0. The summed E-state index contributed by atoms with van der Waals surface area (Å²) in [6.07, 6.45) is 1.70. The molecule has 0 fully saturated rings. The van der Waals surface area contributed by atoms with E-state index in [-0.39, 0.29) is 4.90 Å². The van der Waals surface area contributed by atoms with Crippen molar-refractivity contribution in [2.45, 2.75) is 30.3 Å². The molecule has 0 spiro atoms. The molecule has 0 aromatic heterocycles. The van der Waals surface area contributed by atoms with E-state index in [2.05, 4.69) is 0 Å². The van der Waals surface area contributed by atoms with Gasteiger partial charge in [-0.3, -0.25) is 4.55 Å². The summed E-state index contributed by atoms with van der Waals surface area (Å²) < 4.78 is 30.7. The number of rotatable bonds is 6. The number of hydrogen-bond donors (Lipinski definition) is 2.